The van der Waals surface area contributed by atoms with E-state index in [1.807, 2.05) is 6.07 Å². The van der Waals surface area contributed by atoms with Crippen LogP contribution in [0.1, 0.15) is 40.2 Å². The summed E-state index contributed by atoms with van der Waals surface area (Å²) in [6.07, 6.45) is -4.22. The molecule has 1 saturated carbocycles. The molecule has 2 atom stereocenters. The minimum Gasteiger partial charge on any atom is -0.370 e. The fourth-order valence-electron chi connectivity index (χ4n) is 4.22. The number of alkyl halides is 3. The van der Waals surface area contributed by atoms with E-state index in [1.165, 1.54) is 30.3 Å². The zero-order valence-electron chi connectivity index (χ0n) is 16.9. The van der Waals surface area contributed by atoms with Gasteiger partial charge >= 0.3 is 6.18 Å². The maximum atomic E-state index is 14.4. The zero-order chi connectivity index (χ0) is 24.2. The number of hydrogen-bond donors (Lipinski definition) is 3. The number of halogens is 5. The molecule has 4 N–H and O–H groups in total. The van der Waals surface area contributed by atoms with Crippen LogP contribution in [0, 0.1) is 11.3 Å². The van der Waals surface area contributed by atoms with Gasteiger partial charge in [-0.15, -0.1) is 0 Å². The van der Waals surface area contributed by atoms with E-state index in [9.17, 15) is 28.0 Å². The lowest BCUT2D eigenvalue weighted by atomic mass is 9.76. The van der Waals surface area contributed by atoms with Gasteiger partial charge in [0, 0.05) is 16.6 Å². The van der Waals surface area contributed by atoms with Crippen LogP contribution in [0.2, 0.25) is 5.02 Å². The molecule has 2 amide bonds. The summed E-state index contributed by atoms with van der Waals surface area (Å²) in [7, 11) is 0. The van der Waals surface area contributed by atoms with Crippen LogP contribution in [0.4, 0.5) is 18.9 Å². The van der Waals surface area contributed by atoms with Crippen molar-refractivity contribution in [2.45, 2.75) is 42.4 Å². The number of nitrogens with zero attached hydrogens (tertiary/aromatic N) is 1. The molecule has 1 aliphatic carbocycles. The Hall–Kier alpha value is -2.77. The Labute approximate surface area is 200 Å². The summed E-state index contributed by atoms with van der Waals surface area (Å²) < 4.78 is 43.5. The molecule has 172 valence electrons. The number of amides is 2. The quantitative estimate of drug-likeness (QED) is 0.521. The molecule has 2 aromatic rings. The van der Waals surface area contributed by atoms with Gasteiger partial charge in [-0.1, -0.05) is 39.7 Å². The van der Waals surface area contributed by atoms with Crippen molar-refractivity contribution in [2.24, 2.45) is 5.73 Å². The average molecular weight is 542 g/mol. The second-order valence-electron chi connectivity index (χ2n) is 8.30. The number of carbonyl (C=O) groups excluding carboxylic acids is 2. The summed E-state index contributed by atoms with van der Waals surface area (Å²) >= 11 is 9.42. The molecule has 1 aliphatic heterocycles. The van der Waals surface area contributed by atoms with Gasteiger partial charge < -0.3 is 16.4 Å². The molecule has 0 spiro atoms. The molecule has 33 heavy (non-hydrogen) atoms. The van der Waals surface area contributed by atoms with Gasteiger partial charge in [0.2, 0.25) is 5.91 Å². The smallest absolute Gasteiger partial charge is 0.370 e. The standard InChI is InChI=1S/C22H17BrClF3N4O2/c23-13-3-1-2-11(6-13)17(22(25,26)27)21(19(29)33)9-12-7-14(15(24)8-16(12)30-21)18(32)31-20(10-28)4-5-20/h1-3,6-8,17,30H,4-5,9H2,(H2,29,33)(H,31,32). The lowest BCUT2D eigenvalue weighted by Crippen LogP contribution is -2.57. The van der Waals surface area contributed by atoms with E-state index in [-0.39, 0.29) is 27.4 Å². The van der Waals surface area contributed by atoms with E-state index < -0.39 is 41.4 Å². The van der Waals surface area contributed by atoms with E-state index in [1.54, 1.807) is 6.07 Å². The maximum Gasteiger partial charge on any atom is 0.398 e. The molecule has 2 aromatic carbocycles. The number of hydrogen-bond acceptors (Lipinski definition) is 4. The summed E-state index contributed by atoms with van der Waals surface area (Å²) in [4.78, 5) is 25.3. The Kier molecular flexibility index (Phi) is 5.61. The topological polar surface area (TPSA) is 108 Å². The Morgan fingerprint density at radius 2 is 1.97 bits per heavy atom. The van der Waals surface area contributed by atoms with E-state index in [2.05, 4.69) is 26.6 Å². The molecular weight excluding hydrogens is 525 g/mol. The third kappa shape index (κ3) is 4.15. The number of benzene rings is 2. The molecule has 2 aliphatic rings. The number of nitrogens with one attached hydrogen (secondary N) is 2. The average Bonchev–Trinajstić information content (AvgIpc) is 3.38. The third-order valence-electron chi connectivity index (χ3n) is 6.02. The summed E-state index contributed by atoms with van der Waals surface area (Å²) in [5.74, 6) is -4.07. The highest BCUT2D eigenvalue weighted by molar-refractivity contribution is 9.10. The first-order valence-electron chi connectivity index (χ1n) is 9.87. The van der Waals surface area contributed by atoms with Crippen LogP contribution < -0.4 is 16.4 Å². The molecule has 6 nitrogen and oxygen atoms in total. The van der Waals surface area contributed by atoms with Crippen molar-refractivity contribution >= 4 is 45.0 Å². The van der Waals surface area contributed by atoms with Crippen LogP contribution in [0.3, 0.4) is 0 Å². The third-order valence-corrected chi connectivity index (χ3v) is 6.83. The number of carbonyl (C=O) groups is 2. The first-order chi connectivity index (χ1) is 15.4. The Balaban J connectivity index is 1.76. The highest BCUT2D eigenvalue weighted by atomic mass is 79.9. The van der Waals surface area contributed by atoms with Gasteiger partial charge in [-0.05, 0) is 48.2 Å². The van der Waals surface area contributed by atoms with Crippen molar-refractivity contribution in [3.05, 3.63) is 62.6 Å². The number of nitriles is 1. The van der Waals surface area contributed by atoms with Crippen molar-refractivity contribution in [1.29, 1.82) is 5.26 Å². The van der Waals surface area contributed by atoms with Crippen LogP contribution in [0.5, 0.6) is 0 Å². The largest absolute Gasteiger partial charge is 0.398 e. The highest BCUT2D eigenvalue weighted by Gasteiger charge is 2.60. The first kappa shape index (κ1) is 23.4. The van der Waals surface area contributed by atoms with E-state index in [0.29, 0.717) is 17.3 Å². The molecule has 2 unspecified atom stereocenters. The summed E-state index contributed by atoms with van der Waals surface area (Å²) in [6.45, 7) is 0. The fraction of sp³-hybridized carbons (Fsp3) is 0.318. The highest BCUT2D eigenvalue weighted by Crippen LogP contribution is 2.50. The van der Waals surface area contributed by atoms with Crippen LogP contribution >= 0.6 is 27.5 Å². The minimum atomic E-state index is -4.82. The van der Waals surface area contributed by atoms with Gasteiger partial charge in [0.25, 0.3) is 5.91 Å². The molecule has 0 bridgehead atoms. The Morgan fingerprint density at radius 1 is 1.27 bits per heavy atom. The van der Waals surface area contributed by atoms with Gasteiger partial charge in [0.05, 0.1) is 16.7 Å². The van der Waals surface area contributed by atoms with Gasteiger partial charge in [-0.25, -0.2) is 0 Å². The van der Waals surface area contributed by atoms with Crippen molar-refractivity contribution in [3.8, 4) is 6.07 Å². The Bertz CT molecular complexity index is 1210. The number of nitrogens with two attached hydrogens (primary N) is 1. The molecule has 0 saturated heterocycles. The van der Waals surface area contributed by atoms with Crippen molar-refractivity contribution in [2.75, 3.05) is 5.32 Å². The second-order valence-corrected chi connectivity index (χ2v) is 9.63. The molecule has 1 fully saturated rings. The van der Waals surface area contributed by atoms with E-state index >= 15 is 0 Å². The van der Waals surface area contributed by atoms with Crippen LogP contribution in [0.25, 0.3) is 0 Å². The molecule has 11 heteroatoms. The van der Waals surface area contributed by atoms with Crippen molar-refractivity contribution in [3.63, 3.8) is 0 Å². The van der Waals surface area contributed by atoms with Gasteiger partial charge in [0.1, 0.15) is 17.0 Å². The molecule has 0 aromatic heterocycles. The lowest BCUT2D eigenvalue weighted by Gasteiger charge is -2.37. The number of rotatable bonds is 5. The van der Waals surface area contributed by atoms with Crippen LogP contribution in [-0.2, 0) is 11.2 Å². The van der Waals surface area contributed by atoms with Gasteiger partial charge in [-0.3, -0.25) is 9.59 Å². The van der Waals surface area contributed by atoms with Gasteiger partial charge in [0.15, 0.2) is 0 Å². The summed E-state index contributed by atoms with van der Waals surface area (Å²) in [6, 6.07) is 10.3. The summed E-state index contributed by atoms with van der Waals surface area (Å²) in [5.41, 5.74) is 2.71. The summed E-state index contributed by atoms with van der Waals surface area (Å²) in [5, 5.41) is 14.5. The Morgan fingerprint density at radius 3 is 2.52 bits per heavy atom. The maximum absolute atomic E-state index is 14.4. The lowest BCUT2D eigenvalue weighted by molar-refractivity contribution is -0.168. The van der Waals surface area contributed by atoms with Crippen LogP contribution in [-0.4, -0.2) is 29.1 Å². The molecular formula is C22H17BrClF3N4O2. The monoisotopic (exact) mass is 540 g/mol. The van der Waals surface area contributed by atoms with Crippen molar-refractivity contribution in [1.82, 2.24) is 5.32 Å². The van der Waals surface area contributed by atoms with Gasteiger partial charge in [-0.2, -0.15) is 18.4 Å². The van der Waals surface area contributed by atoms with E-state index in [0.717, 1.165) is 0 Å². The molecule has 0 radical (unpaired) electrons. The molecule has 1 heterocycles. The minimum absolute atomic E-state index is 0.00465. The zero-order valence-corrected chi connectivity index (χ0v) is 19.2. The number of anilines is 1. The number of primary amides is 1. The fourth-order valence-corrected chi connectivity index (χ4v) is 4.88. The van der Waals surface area contributed by atoms with Crippen LogP contribution in [0.15, 0.2) is 40.9 Å². The SMILES string of the molecule is N#CC1(NC(=O)c2cc3c(cc2Cl)NC(C(N)=O)(C(c2cccc(Br)c2)C(F)(F)F)C3)CC1. The second kappa shape index (κ2) is 7.92. The normalized spacial score (nSPS) is 21.3. The van der Waals surface area contributed by atoms with E-state index in [4.69, 9.17) is 17.3 Å². The predicted octanol–water partition coefficient (Wildman–Crippen LogP) is 4.43. The molecule has 4 rings (SSSR count). The van der Waals surface area contributed by atoms with Crippen molar-refractivity contribution < 1.29 is 22.8 Å². The predicted molar refractivity (Wildman–Crippen MR) is 119 cm³/mol. The number of fused-ring (bicyclic) bond motifs is 1. The first-order valence-corrected chi connectivity index (χ1v) is 11.0.